The molecule has 0 spiro atoms. The van der Waals surface area contributed by atoms with Crippen LogP contribution in [0.15, 0.2) is 0 Å². The zero-order chi connectivity index (χ0) is 22.0. The molecule has 1 aliphatic carbocycles. The van der Waals surface area contributed by atoms with Gasteiger partial charge in [0.15, 0.2) is 6.10 Å². The lowest BCUT2D eigenvalue weighted by molar-refractivity contribution is -0.165. The summed E-state index contributed by atoms with van der Waals surface area (Å²) in [7, 11) is 1.36. The summed E-state index contributed by atoms with van der Waals surface area (Å²) in [5.74, 6) is 0.744. The predicted octanol–water partition coefficient (Wildman–Crippen LogP) is 4.60. The van der Waals surface area contributed by atoms with Crippen molar-refractivity contribution in [3.63, 3.8) is 0 Å². The van der Waals surface area contributed by atoms with Crippen LogP contribution in [-0.4, -0.2) is 55.5 Å². The standard InChI is InChI=1S/C24H46O6/c1-3-4-5-6-7-9-12-20-15-16-22(26)21(20)13-10-8-11-14-23(24(27)28-2)30-19-29-18-17-25/h20-23,25-26H,3-19H2,1-2H3/t20-,21+,22-,23?/m0/s1. The fourth-order valence-corrected chi connectivity index (χ4v) is 4.64. The van der Waals surface area contributed by atoms with Crippen LogP contribution >= 0.6 is 0 Å². The highest BCUT2D eigenvalue weighted by Crippen LogP contribution is 2.39. The quantitative estimate of drug-likeness (QED) is 0.177. The van der Waals surface area contributed by atoms with Crippen molar-refractivity contribution in [1.29, 1.82) is 0 Å². The van der Waals surface area contributed by atoms with E-state index in [2.05, 4.69) is 6.92 Å². The molecule has 0 radical (unpaired) electrons. The van der Waals surface area contributed by atoms with Crippen molar-refractivity contribution < 1.29 is 29.2 Å². The molecule has 0 aromatic carbocycles. The second kappa shape index (κ2) is 17.9. The number of methoxy groups -OCH3 is 1. The Morgan fingerprint density at radius 3 is 2.43 bits per heavy atom. The molecule has 6 nitrogen and oxygen atoms in total. The minimum absolute atomic E-state index is 0.0191. The second-order valence-electron chi connectivity index (χ2n) is 8.69. The largest absolute Gasteiger partial charge is 0.467 e. The van der Waals surface area contributed by atoms with E-state index in [1.54, 1.807) is 0 Å². The van der Waals surface area contributed by atoms with Crippen molar-refractivity contribution in [2.45, 2.75) is 109 Å². The van der Waals surface area contributed by atoms with Crippen molar-refractivity contribution in [3.05, 3.63) is 0 Å². The first-order chi connectivity index (χ1) is 14.6. The van der Waals surface area contributed by atoms with Gasteiger partial charge in [-0.15, -0.1) is 0 Å². The number of aliphatic hydroxyl groups is 2. The number of carbonyl (C=O) groups excluding carboxylic acids is 1. The lowest BCUT2D eigenvalue weighted by Gasteiger charge is -2.22. The number of carbonyl (C=O) groups is 1. The van der Waals surface area contributed by atoms with Crippen LogP contribution in [0.1, 0.15) is 96.8 Å². The fraction of sp³-hybridized carbons (Fsp3) is 0.958. The van der Waals surface area contributed by atoms with Gasteiger partial charge in [-0.3, -0.25) is 0 Å². The van der Waals surface area contributed by atoms with E-state index in [1.807, 2.05) is 0 Å². The van der Waals surface area contributed by atoms with E-state index in [9.17, 15) is 9.90 Å². The maximum absolute atomic E-state index is 11.8. The first kappa shape index (κ1) is 27.3. The number of aliphatic hydroxyl groups excluding tert-OH is 2. The van der Waals surface area contributed by atoms with Crippen molar-refractivity contribution in [2.75, 3.05) is 27.1 Å². The summed E-state index contributed by atoms with van der Waals surface area (Å²) in [4.78, 5) is 11.8. The Labute approximate surface area is 183 Å². The molecule has 1 unspecified atom stereocenters. The molecule has 0 saturated heterocycles. The Morgan fingerprint density at radius 1 is 1.00 bits per heavy atom. The highest BCUT2D eigenvalue weighted by Gasteiger charge is 2.33. The summed E-state index contributed by atoms with van der Waals surface area (Å²) in [6, 6.07) is 0. The third-order valence-corrected chi connectivity index (χ3v) is 6.42. The first-order valence-corrected chi connectivity index (χ1v) is 12.2. The third kappa shape index (κ3) is 11.6. The van der Waals surface area contributed by atoms with Gasteiger partial charge in [0.25, 0.3) is 0 Å². The van der Waals surface area contributed by atoms with Gasteiger partial charge in [-0.2, -0.15) is 0 Å². The number of hydrogen-bond donors (Lipinski definition) is 2. The lowest BCUT2D eigenvalue weighted by atomic mass is 9.85. The summed E-state index contributed by atoms with van der Waals surface area (Å²) in [5.41, 5.74) is 0. The van der Waals surface area contributed by atoms with Gasteiger partial charge >= 0.3 is 5.97 Å². The molecule has 0 aromatic rings. The average molecular weight is 431 g/mol. The second-order valence-corrected chi connectivity index (χ2v) is 8.69. The van der Waals surface area contributed by atoms with Crippen LogP contribution in [-0.2, 0) is 19.0 Å². The molecular formula is C24H46O6. The lowest BCUT2D eigenvalue weighted by Crippen LogP contribution is -2.27. The number of ether oxygens (including phenoxy) is 3. The smallest absolute Gasteiger partial charge is 0.335 e. The Kier molecular flexibility index (Phi) is 16.3. The van der Waals surface area contributed by atoms with Crippen molar-refractivity contribution in [3.8, 4) is 0 Å². The summed E-state index contributed by atoms with van der Waals surface area (Å²) in [6.07, 6.45) is 15.3. The number of esters is 1. The predicted molar refractivity (Wildman–Crippen MR) is 118 cm³/mol. The Morgan fingerprint density at radius 2 is 1.70 bits per heavy atom. The molecule has 1 rings (SSSR count). The molecule has 0 heterocycles. The SMILES string of the molecule is CCCCCCCC[C@H]1CC[C@H](O)[C@@H]1CCCCCC(OCOCCO)C(=O)OC. The van der Waals surface area contributed by atoms with Gasteiger partial charge in [0.2, 0.25) is 0 Å². The van der Waals surface area contributed by atoms with Gasteiger partial charge in [0.05, 0.1) is 26.4 Å². The molecule has 0 bridgehead atoms. The van der Waals surface area contributed by atoms with E-state index in [-0.39, 0.29) is 32.1 Å². The Hall–Kier alpha value is -0.690. The average Bonchev–Trinajstić information content (AvgIpc) is 3.10. The zero-order valence-electron chi connectivity index (χ0n) is 19.4. The van der Waals surface area contributed by atoms with Crippen LogP contribution in [0.25, 0.3) is 0 Å². The van der Waals surface area contributed by atoms with Crippen molar-refractivity contribution in [1.82, 2.24) is 0 Å². The molecular weight excluding hydrogens is 384 g/mol. The molecule has 1 aliphatic rings. The van der Waals surface area contributed by atoms with Gasteiger partial charge in [0.1, 0.15) is 6.79 Å². The van der Waals surface area contributed by atoms with Gasteiger partial charge in [-0.25, -0.2) is 4.79 Å². The van der Waals surface area contributed by atoms with E-state index in [4.69, 9.17) is 19.3 Å². The monoisotopic (exact) mass is 430 g/mol. The maximum atomic E-state index is 11.8. The fourth-order valence-electron chi connectivity index (χ4n) is 4.64. The Balaban J connectivity index is 2.21. The van der Waals surface area contributed by atoms with E-state index in [0.29, 0.717) is 18.3 Å². The van der Waals surface area contributed by atoms with Gasteiger partial charge < -0.3 is 24.4 Å². The normalized spacial score (nSPS) is 22.3. The molecule has 1 fully saturated rings. The maximum Gasteiger partial charge on any atom is 0.335 e. The minimum atomic E-state index is -0.619. The summed E-state index contributed by atoms with van der Waals surface area (Å²) in [5, 5.41) is 19.1. The Bertz CT molecular complexity index is 417. The summed E-state index contributed by atoms with van der Waals surface area (Å²) >= 11 is 0. The van der Waals surface area contributed by atoms with Crippen LogP contribution in [0.3, 0.4) is 0 Å². The topological polar surface area (TPSA) is 85.2 Å². The highest BCUT2D eigenvalue weighted by molar-refractivity contribution is 5.74. The van der Waals surface area contributed by atoms with Gasteiger partial charge in [-0.1, -0.05) is 71.1 Å². The molecule has 178 valence electrons. The summed E-state index contributed by atoms with van der Waals surface area (Å²) < 4.78 is 15.3. The van der Waals surface area contributed by atoms with Crippen LogP contribution in [0.5, 0.6) is 0 Å². The van der Waals surface area contributed by atoms with Gasteiger partial charge in [0, 0.05) is 0 Å². The first-order valence-electron chi connectivity index (χ1n) is 12.2. The number of unbranched alkanes of at least 4 members (excludes halogenated alkanes) is 7. The molecule has 0 aliphatic heterocycles. The van der Waals surface area contributed by atoms with Gasteiger partial charge in [-0.05, 0) is 37.5 Å². The zero-order valence-corrected chi connectivity index (χ0v) is 19.4. The highest BCUT2D eigenvalue weighted by atomic mass is 16.7. The van der Waals surface area contributed by atoms with E-state index >= 15 is 0 Å². The van der Waals surface area contributed by atoms with E-state index in [1.165, 1.54) is 58.5 Å². The third-order valence-electron chi connectivity index (χ3n) is 6.42. The van der Waals surface area contributed by atoms with Crippen LogP contribution in [0.2, 0.25) is 0 Å². The summed E-state index contributed by atoms with van der Waals surface area (Å²) in [6.45, 7) is 2.35. The van der Waals surface area contributed by atoms with Crippen molar-refractivity contribution in [2.24, 2.45) is 11.8 Å². The molecule has 6 heteroatoms. The molecule has 0 amide bonds. The van der Waals surface area contributed by atoms with Crippen LogP contribution in [0.4, 0.5) is 0 Å². The number of rotatable bonds is 19. The van der Waals surface area contributed by atoms with Crippen LogP contribution < -0.4 is 0 Å². The minimum Gasteiger partial charge on any atom is -0.467 e. The van der Waals surface area contributed by atoms with E-state index in [0.717, 1.165) is 32.1 Å². The van der Waals surface area contributed by atoms with E-state index < -0.39 is 6.10 Å². The molecule has 1 saturated carbocycles. The molecule has 2 N–H and O–H groups in total. The van der Waals surface area contributed by atoms with Crippen LogP contribution in [0, 0.1) is 11.8 Å². The van der Waals surface area contributed by atoms with Crippen molar-refractivity contribution >= 4 is 5.97 Å². The molecule has 4 atom stereocenters. The molecule has 0 aromatic heterocycles. The number of hydrogen-bond acceptors (Lipinski definition) is 6. The molecule has 30 heavy (non-hydrogen) atoms.